The molecule has 0 aliphatic carbocycles. The van der Waals surface area contributed by atoms with E-state index in [0.717, 1.165) is 25.0 Å². The van der Waals surface area contributed by atoms with Crippen LogP contribution in [0, 0.1) is 0 Å². The highest BCUT2D eigenvalue weighted by Crippen LogP contribution is 2.34. The van der Waals surface area contributed by atoms with Gasteiger partial charge in [0.05, 0.1) is 23.4 Å². The van der Waals surface area contributed by atoms with Crippen molar-refractivity contribution in [1.82, 2.24) is 9.97 Å². The molecule has 28 heavy (non-hydrogen) atoms. The number of hydrogen-bond donors (Lipinski definition) is 0. The molecule has 1 unspecified atom stereocenters. The Morgan fingerprint density at radius 2 is 2.07 bits per heavy atom. The molecule has 0 radical (unpaired) electrons. The number of hydrogen-bond acceptors (Lipinski definition) is 5. The maximum absolute atomic E-state index is 13.2. The van der Waals surface area contributed by atoms with Crippen LogP contribution in [0.25, 0.3) is 11.3 Å². The van der Waals surface area contributed by atoms with Gasteiger partial charge in [-0.3, -0.25) is 14.7 Å². The number of nitrogens with zero attached hydrogens (tertiary/aromatic N) is 3. The van der Waals surface area contributed by atoms with Crippen LogP contribution in [0.1, 0.15) is 23.2 Å². The van der Waals surface area contributed by atoms with Crippen molar-refractivity contribution in [3.05, 3.63) is 63.7 Å². The van der Waals surface area contributed by atoms with Gasteiger partial charge in [0.1, 0.15) is 0 Å². The first-order valence-corrected chi connectivity index (χ1v) is 10.5. The lowest BCUT2D eigenvalue weighted by molar-refractivity contribution is 0.0917. The average Bonchev–Trinajstić information content (AvgIpc) is 3.38. The second-order valence-corrected chi connectivity index (χ2v) is 8.11. The highest BCUT2D eigenvalue weighted by Gasteiger charge is 2.27. The van der Waals surface area contributed by atoms with E-state index in [9.17, 15) is 4.79 Å². The van der Waals surface area contributed by atoms with Crippen molar-refractivity contribution < 1.29 is 9.53 Å². The summed E-state index contributed by atoms with van der Waals surface area (Å²) in [7, 11) is 0. The van der Waals surface area contributed by atoms with Crippen LogP contribution in [-0.4, -0.2) is 35.1 Å². The first-order chi connectivity index (χ1) is 13.6. The van der Waals surface area contributed by atoms with E-state index >= 15 is 0 Å². The number of pyridine rings is 1. The summed E-state index contributed by atoms with van der Waals surface area (Å²) in [5.74, 6) is -0.124. The molecule has 1 atom stereocenters. The molecule has 3 aromatic rings. The maximum atomic E-state index is 13.2. The molecule has 1 amide bonds. The van der Waals surface area contributed by atoms with E-state index in [-0.39, 0.29) is 12.0 Å². The molecule has 0 N–H and O–H groups in total. The van der Waals surface area contributed by atoms with Gasteiger partial charge in [-0.25, -0.2) is 4.98 Å². The normalized spacial score (nSPS) is 16.3. The summed E-state index contributed by atoms with van der Waals surface area (Å²) in [6, 6.07) is 8.70. The zero-order valence-electron chi connectivity index (χ0n) is 14.8. The van der Waals surface area contributed by atoms with Crippen molar-refractivity contribution in [2.75, 3.05) is 18.1 Å². The van der Waals surface area contributed by atoms with E-state index in [2.05, 4.69) is 9.97 Å². The summed E-state index contributed by atoms with van der Waals surface area (Å²) in [5, 5.41) is 3.60. The average molecular weight is 434 g/mol. The number of thiazole rings is 1. The smallest absolute Gasteiger partial charge is 0.260 e. The third-order valence-corrected chi connectivity index (χ3v) is 5.92. The van der Waals surface area contributed by atoms with Crippen molar-refractivity contribution in [3.63, 3.8) is 0 Å². The minimum absolute atomic E-state index is 0.0113. The molecule has 0 spiro atoms. The van der Waals surface area contributed by atoms with Crippen LogP contribution in [0.3, 0.4) is 0 Å². The number of rotatable bonds is 5. The Balaban J connectivity index is 1.66. The second-order valence-electron chi connectivity index (χ2n) is 6.43. The van der Waals surface area contributed by atoms with Crippen LogP contribution < -0.4 is 4.90 Å². The fraction of sp³-hybridized carbons (Fsp3) is 0.250. The minimum atomic E-state index is -0.124. The van der Waals surface area contributed by atoms with Gasteiger partial charge in [0.15, 0.2) is 5.13 Å². The number of amides is 1. The fourth-order valence-corrected chi connectivity index (χ4v) is 4.44. The van der Waals surface area contributed by atoms with Gasteiger partial charge in [0.2, 0.25) is 0 Å². The van der Waals surface area contributed by atoms with E-state index in [1.54, 1.807) is 41.6 Å². The molecule has 144 valence electrons. The molecule has 3 heterocycles. The molecule has 1 fully saturated rings. The van der Waals surface area contributed by atoms with Crippen molar-refractivity contribution in [3.8, 4) is 11.3 Å². The molecule has 0 saturated carbocycles. The van der Waals surface area contributed by atoms with Crippen LogP contribution in [0.4, 0.5) is 5.13 Å². The van der Waals surface area contributed by atoms with Gasteiger partial charge >= 0.3 is 0 Å². The topological polar surface area (TPSA) is 55.3 Å². The van der Waals surface area contributed by atoms with Gasteiger partial charge < -0.3 is 4.74 Å². The molecule has 1 aliphatic heterocycles. The molecular formula is C20H17Cl2N3O2S. The molecule has 1 aliphatic rings. The Morgan fingerprint density at radius 1 is 1.25 bits per heavy atom. The third-order valence-electron chi connectivity index (χ3n) is 4.51. The van der Waals surface area contributed by atoms with E-state index in [0.29, 0.717) is 33.0 Å². The molecule has 1 aromatic carbocycles. The second kappa shape index (κ2) is 8.57. The molecule has 1 saturated heterocycles. The third kappa shape index (κ3) is 4.20. The van der Waals surface area contributed by atoms with Crippen LogP contribution in [0.15, 0.2) is 48.1 Å². The number of carbonyl (C=O) groups is 1. The Bertz CT molecular complexity index is 975. The van der Waals surface area contributed by atoms with E-state index in [1.165, 1.54) is 11.3 Å². The lowest BCUT2D eigenvalue weighted by Gasteiger charge is -2.23. The molecule has 4 rings (SSSR count). The minimum Gasteiger partial charge on any atom is -0.376 e. The van der Waals surface area contributed by atoms with Crippen molar-refractivity contribution >= 4 is 45.6 Å². The molecule has 8 heteroatoms. The van der Waals surface area contributed by atoms with Gasteiger partial charge in [-0.1, -0.05) is 23.2 Å². The van der Waals surface area contributed by atoms with E-state index < -0.39 is 0 Å². The first kappa shape index (κ1) is 19.3. The number of aromatic nitrogens is 2. The summed E-state index contributed by atoms with van der Waals surface area (Å²) < 4.78 is 5.75. The zero-order chi connectivity index (χ0) is 19.5. The number of ether oxygens (including phenoxy) is 1. The zero-order valence-corrected chi connectivity index (χ0v) is 17.2. The van der Waals surface area contributed by atoms with Gasteiger partial charge in [-0.05, 0) is 43.2 Å². The Labute approximate surface area is 176 Å². The number of benzene rings is 1. The Morgan fingerprint density at radius 3 is 2.79 bits per heavy atom. The highest BCUT2D eigenvalue weighted by atomic mass is 35.5. The highest BCUT2D eigenvalue weighted by molar-refractivity contribution is 7.14. The monoisotopic (exact) mass is 433 g/mol. The largest absolute Gasteiger partial charge is 0.376 e. The summed E-state index contributed by atoms with van der Waals surface area (Å²) in [5.41, 5.74) is 2.05. The molecule has 2 aromatic heterocycles. The first-order valence-electron chi connectivity index (χ1n) is 8.86. The lowest BCUT2D eigenvalue weighted by Crippen LogP contribution is -2.37. The fourth-order valence-electron chi connectivity index (χ4n) is 3.10. The number of carbonyl (C=O) groups excluding carboxylic acids is 1. The summed E-state index contributed by atoms with van der Waals surface area (Å²) >= 11 is 13.7. The Hall–Kier alpha value is -1.99. The standard InChI is InChI=1S/C20H17Cl2N3O2S/c21-14-3-4-16(17(22)10-14)18-12-28-20(24-18)25(11-15-2-1-9-27-15)19(26)13-5-7-23-8-6-13/h3-8,10,12,15H,1-2,9,11H2. The molecule has 0 bridgehead atoms. The van der Waals surface area contributed by atoms with Crippen molar-refractivity contribution in [1.29, 1.82) is 0 Å². The van der Waals surface area contributed by atoms with Gasteiger partial charge in [0.25, 0.3) is 5.91 Å². The van der Waals surface area contributed by atoms with Crippen molar-refractivity contribution in [2.24, 2.45) is 0 Å². The van der Waals surface area contributed by atoms with Crippen LogP contribution in [0.2, 0.25) is 10.0 Å². The van der Waals surface area contributed by atoms with Gasteiger partial charge in [0, 0.05) is 40.5 Å². The number of halogens is 2. The van der Waals surface area contributed by atoms with Gasteiger partial charge in [-0.2, -0.15) is 0 Å². The number of anilines is 1. The van der Waals surface area contributed by atoms with Crippen LogP contribution >= 0.6 is 34.5 Å². The van der Waals surface area contributed by atoms with Gasteiger partial charge in [-0.15, -0.1) is 11.3 Å². The van der Waals surface area contributed by atoms with Crippen LogP contribution in [-0.2, 0) is 4.74 Å². The van der Waals surface area contributed by atoms with E-state index in [1.807, 2.05) is 11.4 Å². The predicted octanol–water partition coefficient (Wildman–Crippen LogP) is 5.34. The summed E-state index contributed by atoms with van der Waals surface area (Å²) in [4.78, 5) is 23.5. The predicted molar refractivity (Wildman–Crippen MR) is 112 cm³/mol. The SMILES string of the molecule is O=C(c1ccncc1)N(CC1CCCO1)c1nc(-c2ccc(Cl)cc2Cl)cs1. The quantitative estimate of drug-likeness (QED) is 0.544. The maximum Gasteiger partial charge on any atom is 0.260 e. The summed E-state index contributed by atoms with van der Waals surface area (Å²) in [6.07, 6.45) is 5.17. The van der Waals surface area contributed by atoms with E-state index in [4.69, 9.17) is 27.9 Å². The lowest BCUT2D eigenvalue weighted by atomic mass is 10.2. The summed E-state index contributed by atoms with van der Waals surface area (Å²) in [6.45, 7) is 1.19. The van der Waals surface area contributed by atoms with Crippen molar-refractivity contribution in [2.45, 2.75) is 18.9 Å². The molecule has 5 nitrogen and oxygen atoms in total. The molecular weight excluding hydrogens is 417 g/mol. The Kier molecular flexibility index (Phi) is 5.92. The van der Waals surface area contributed by atoms with Crippen LogP contribution in [0.5, 0.6) is 0 Å².